The Hall–Kier alpha value is -2.51. The van der Waals surface area contributed by atoms with Crippen molar-refractivity contribution in [3.05, 3.63) is 28.8 Å². The Kier molecular flexibility index (Phi) is 5.41. The van der Waals surface area contributed by atoms with Crippen LogP contribution in [-0.4, -0.2) is 35.5 Å². The third-order valence-electron chi connectivity index (χ3n) is 6.37. The Morgan fingerprint density at radius 2 is 1.93 bits per heavy atom. The lowest BCUT2D eigenvalue weighted by Gasteiger charge is -2.31. The van der Waals surface area contributed by atoms with Crippen molar-refractivity contribution in [3.63, 3.8) is 0 Å². The fourth-order valence-corrected chi connectivity index (χ4v) is 4.03. The molecule has 0 spiro atoms. The Balaban J connectivity index is 1.86. The first-order chi connectivity index (χ1) is 13.8. The van der Waals surface area contributed by atoms with Crippen LogP contribution in [0.3, 0.4) is 0 Å². The van der Waals surface area contributed by atoms with Gasteiger partial charge in [-0.3, -0.25) is 19.3 Å². The highest BCUT2D eigenvalue weighted by atomic mass is 19.1. The normalized spacial score (nSPS) is 18.9. The van der Waals surface area contributed by atoms with Crippen LogP contribution in [0.4, 0.5) is 14.5 Å². The summed E-state index contributed by atoms with van der Waals surface area (Å²) in [5, 5.41) is 11.7. The number of nitrogens with zero attached hydrogens (tertiary/aromatic N) is 1. The second-order valence-corrected chi connectivity index (χ2v) is 9.62. The van der Waals surface area contributed by atoms with Gasteiger partial charge in [-0.2, -0.15) is 0 Å². The van der Waals surface area contributed by atoms with Gasteiger partial charge in [0.2, 0.25) is 11.8 Å². The van der Waals surface area contributed by atoms with Gasteiger partial charge in [0.25, 0.3) is 0 Å². The van der Waals surface area contributed by atoms with E-state index in [4.69, 9.17) is 5.11 Å². The van der Waals surface area contributed by atoms with Crippen LogP contribution in [-0.2, 0) is 19.8 Å². The molecule has 1 fully saturated rings. The van der Waals surface area contributed by atoms with Gasteiger partial charge in [0, 0.05) is 11.6 Å². The molecule has 1 aliphatic carbocycles. The summed E-state index contributed by atoms with van der Waals surface area (Å²) < 4.78 is 30.2. The van der Waals surface area contributed by atoms with Crippen molar-refractivity contribution in [2.75, 3.05) is 11.4 Å². The van der Waals surface area contributed by atoms with Crippen molar-refractivity contribution in [2.45, 2.75) is 71.3 Å². The number of hydrogen-bond acceptors (Lipinski definition) is 3. The highest BCUT2D eigenvalue weighted by Crippen LogP contribution is 2.50. The van der Waals surface area contributed by atoms with Gasteiger partial charge in [0.05, 0.1) is 17.5 Å². The van der Waals surface area contributed by atoms with Crippen LogP contribution in [0.15, 0.2) is 6.07 Å². The fourth-order valence-electron chi connectivity index (χ4n) is 4.03. The predicted octanol–water partition coefficient (Wildman–Crippen LogP) is 3.47. The van der Waals surface area contributed by atoms with E-state index < -0.39 is 52.8 Å². The molecule has 0 aromatic heterocycles. The van der Waals surface area contributed by atoms with Gasteiger partial charge in [-0.15, -0.1) is 0 Å². The summed E-state index contributed by atoms with van der Waals surface area (Å²) in [6.45, 7) is 7.68. The van der Waals surface area contributed by atoms with Crippen molar-refractivity contribution in [1.29, 1.82) is 0 Å². The summed E-state index contributed by atoms with van der Waals surface area (Å²) in [6, 6.07) is 0.634. The fraction of sp³-hybridized carbons (Fsp3) is 0.591. The molecule has 1 aromatic carbocycles. The van der Waals surface area contributed by atoms with Crippen LogP contribution in [0.1, 0.15) is 70.9 Å². The average molecular weight is 422 g/mol. The van der Waals surface area contributed by atoms with E-state index in [9.17, 15) is 18.8 Å². The van der Waals surface area contributed by atoms with Crippen LogP contribution in [0, 0.1) is 17.0 Å². The molecule has 1 aliphatic heterocycles. The maximum atomic E-state index is 15.2. The first kappa shape index (κ1) is 22.2. The minimum Gasteiger partial charge on any atom is -0.481 e. The number of rotatable bonds is 7. The van der Waals surface area contributed by atoms with Gasteiger partial charge in [0.15, 0.2) is 0 Å². The molecule has 1 unspecified atom stereocenters. The van der Waals surface area contributed by atoms with Gasteiger partial charge in [-0.1, -0.05) is 13.8 Å². The molecule has 1 heterocycles. The molecule has 2 aliphatic rings. The van der Waals surface area contributed by atoms with E-state index in [1.54, 1.807) is 20.8 Å². The number of aliphatic carboxylic acids is 1. The Labute approximate surface area is 174 Å². The molecule has 1 saturated carbocycles. The third-order valence-corrected chi connectivity index (χ3v) is 6.37. The number of benzene rings is 1. The molecule has 2 N–H and O–H groups in total. The van der Waals surface area contributed by atoms with E-state index in [1.165, 1.54) is 13.8 Å². The van der Waals surface area contributed by atoms with Crippen molar-refractivity contribution >= 4 is 23.5 Å². The zero-order valence-corrected chi connectivity index (χ0v) is 17.9. The first-order valence-electron chi connectivity index (χ1n) is 10.1. The smallest absolute Gasteiger partial charge is 0.303 e. The molecule has 30 heavy (non-hydrogen) atoms. The van der Waals surface area contributed by atoms with Crippen molar-refractivity contribution in [3.8, 4) is 0 Å². The molecule has 8 heteroatoms. The Morgan fingerprint density at radius 1 is 1.33 bits per heavy atom. The van der Waals surface area contributed by atoms with Crippen LogP contribution >= 0.6 is 0 Å². The van der Waals surface area contributed by atoms with Crippen LogP contribution < -0.4 is 10.2 Å². The van der Waals surface area contributed by atoms with Crippen LogP contribution in [0.5, 0.6) is 0 Å². The molecule has 6 nitrogen and oxygen atoms in total. The molecule has 1 aromatic rings. The highest BCUT2D eigenvalue weighted by Gasteiger charge is 2.49. The minimum absolute atomic E-state index is 0.00135. The first-order valence-corrected chi connectivity index (χ1v) is 10.1. The topological polar surface area (TPSA) is 86.7 Å². The second-order valence-electron chi connectivity index (χ2n) is 9.62. The zero-order chi connectivity index (χ0) is 22.6. The minimum atomic E-state index is -1.29. The number of halogens is 2. The number of carboxylic acid groups (broad SMARTS) is 1. The SMILES string of the molecule is CC(NC(=O)CN1C(=O)C(C)(C)c2c(F)c(C3CC3)cc(F)c21)C(C)(C)CC(=O)O. The van der Waals surface area contributed by atoms with E-state index in [0.29, 0.717) is 5.56 Å². The van der Waals surface area contributed by atoms with Crippen LogP contribution in [0.2, 0.25) is 0 Å². The predicted molar refractivity (Wildman–Crippen MR) is 107 cm³/mol. The molecule has 1 atom stereocenters. The Morgan fingerprint density at radius 3 is 2.47 bits per heavy atom. The van der Waals surface area contributed by atoms with Gasteiger partial charge >= 0.3 is 5.97 Å². The standard InChI is InChI=1S/C22H28F2N2O4/c1-11(21(2,3)9-16(28)29)25-15(27)10-26-19-14(23)8-13(12-6-7-12)18(24)17(19)22(4,5)20(26)30/h8,11-12H,6-7,9-10H2,1-5H3,(H,25,27)(H,28,29). The Bertz CT molecular complexity index is 922. The third kappa shape index (κ3) is 3.79. The molecule has 0 radical (unpaired) electrons. The highest BCUT2D eigenvalue weighted by molar-refractivity contribution is 6.10. The maximum Gasteiger partial charge on any atom is 0.303 e. The largest absolute Gasteiger partial charge is 0.481 e. The van der Waals surface area contributed by atoms with E-state index in [-0.39, 0.29) is 23.6 Å². The lowest BCUT2D eigenvalue weighted by molar-refractivity contribution is -0.140. The summed E-state index contributed by atoms with van der Waals surface area (Å²) in [5.74, 6) is -3.40. The van der Waals surface area contributed by atoms with Crippen LogP contribution in [0.25, 0.3) is 0 Å². The number of carboxylic acids is 1. The summed E-state index contributed by atoms with van der Waals surface area (Å²) in [7, 11) is 0. The average Bonchev–Trinajstić information content (AvgIpc) is 3.41. The molecule has 164 valence electrons. The monoisotopic (exact) mass is 422 g/mol. The number of carbonyl (C=O) groups excluding carboxylic acids is 2. The zero-order valence-electron chi connectivity index (χ0n) is 17.9. The number of anilines is 1. The quantitative estimate of drug-likeness (QED) is 0.705. The number of amides is 2. The summed E-state index contributed by atoms with van der Waals surface area (Å²) in [6.07, 6.45) is 1.43. The van der Waals surface area contributed by atoms with Crippen molar-refractivity contribution in [2.24, 2.45) is 5.41 Å². The van der Waals surface area contributed by atoms with Gasteiger partial charge < -0.3 is 10.4 Å². The van der Waals surface area contributed by atoms with Gasteiger partial charge in [-0.25, -0.2) is 8.78 Å². The van der Waals surface area contributed by atoms with Crippen molar-refractivity contribution < 1.29 is 28.3 Å². The summed E-state index contributed by atoms with van der Waals surface area (Å²) in [5.41, 5.74) is -1.91. The molecular formula is C22H28F2N2O4. The molecule has 0 saturated heterocycles. The van der Waals surface area contributed by atoms with E-state index in [0.717, 1.165) is 23.8 Å². The maximum absolute atomic E-state index is 15.2. The summed E-state index contributed by atoms with van der Waals surface area (Å²) >= 11 is 0. The molecule has 3 rings (SSSR count). The van der Waals surface area contributed by atoms with Gasteiger partial charge in [0.1, 0.15) is 18.2 Å². The molecule has 2 amide bonds. The van der Waals surface area contributed by atoms with E-state index >= 15 is 4.39 Å². The van der Waals surface area contributed by atoms with E-state index in [1.807, 2.05) is 0 Å². The molecule has 0 bridgehead atoms. The number of nitrogens with one attached hydrogen (secondary N) is 1. The lowest BCUT2D eigenvalue weighted by atomic mass is 9.82. The lowest BCUT2D eigenvalue weighted by Crippen LogP contribution is -2.49. The molecular weight excluding hydrogens is 394 g/mol. The van der Waals surface area contributed by atoms with Gasteiger partial charge in [-0.05, 0) is 56.6 Å². The summed E-state index contributed by atoms with van der Waals surface area (Å²) in [4.78, 5) is 37.6. The van der Waals surface area contributed by atoms with E-state index in [2.05, 4.69) is 5.32 Å². The van der Waals surface area contributed by atoms with Crippen molar-refractivity contribution in [1.82, 2.24) is 5.32 Å². The second kappa shape index (κ2) is 7.32. The number of carbonyl (C=O) groups is 3. The number of fused-ring (bicyclic) bond motifs is 1. The number of hydrogen-bond donors (Lipinski definition) is 2.